The highest BCUT2D eigenvalue weighted by Crippen LogP contribution is 2.33. The molecule has 3 unspecified atom stereocenters. The minimum absolute atomic E-state index is 0.558. The number of hydrogen-bond donors (Lipinski definition) is 1. The Morgan fingerprint density at radius 3 is 2.62 bits per heavy atom. The largest absolute Gasteiger partial charge is 0.311 e. The average molecular weight is 238 g/mol. The zero-order valence-corrected chi connectivity index (χ0v) is 10.8. The molecular formula is C14H20ClN. The molecule has 3 atom stereocenters. The first-order chi connectivity index (χ1) is 7.69. The van der Waals surface area contributed by atoms with E-state index in [1.165, 1.54) is 18.4 Å². The van der Waals surface area contributed by atoms with E-state index in [0.29, 0.717) is 6.04 Å². The Morgan fingerprint density at radius 2 is 2.06 bits per heavy atom. The highest BCUT2D eigenvalue weighted by atomic mass is 35.5. The van der Waals surface area contributed by atoms with E-state index in [0.717, 1.165) is 23.4 Å². The molecule has 1 nitrogen and oxygen atoms in total. The summed E-state index contributed by atoms with van der Waals surface area (Å²) in [7, 11) is 0. The van der Waals surface area contributed by atoms with Crippen molar-refractivity contribution in [3.05, 3.63) is 34.9 Å². The molecule has 0 heterocycles. The highest BCUT2D eigenvalue weighted by Gasteiger charge is 2.35. The summed E-state index contributed by atoms with van der Waals surface area (Å²) < 4.78 is 0. The predicted octanol–water partition coefficient (Wildman–Crippen LogP) is 3.66. The Balaban J connectivity index is 1.79. The number of benzene rings is 1. The summed E-state index contributed by atoms with van der Waals surface area (Å²) in [5.74, 6) is 0.924. The van der Waals surface area contributed by atoms with E-state index in [4.69, 9.17) is 11.6 Å². The van der Waals surface area contributed by atoms with Gasteiger partial charge in [-0.3, -0.25) is 0 Å². The summed E-state index contributed by atoms with van der Waals surface area (Å²) >= 11 is 5.86. The van der Waals surface area contributed by atoms with Crippen molar-refractivity contribution in [2.24, 2.45) is 5.92 Å². The standard InChI is InChI=1S/C14H20ClN/c1-3-12-9-14(12)16-10(2)8-11-4-6-13(15)7-5-11/h4-7,10,12,14,16H,3,8-9H2,1-2H3. The van der Waals surface area contributed by atoms with Crippen molar-refractivity contribution in [2.75, 3.05) is 0 Å². The van der Waals surface area contributed by atoms with Crippen LogP contribution in [0.4, 0.5) is 0 Å². The highest BCUT2D eigenvalue weighted by molar-refractivity contribution is 6.30. The second kappa shape index (κ2) is 5.20. The van der Waals surface area contributed by atoms with Crippen LogP contribution < -0.4 is 5.32 Å². The molecule has 0 bridgehead atoms. The Morgan fingerprint density at radius 1 is 1.38 bits per heavy atom. The summed E-state index contributed by atoms with van der Waals surface area (Å²) in [6, 6.07) is 9.50. The van der Waals surface area contributed by atoms with E-state index in [1.54, 1.807) is 0 Å². The molecule has 1 aliphatic carbocycles. The molecule has 88 valence electrons. The van der Waals surface area contributed by atoms with Gasteiger partial charge >= 0.3 is 0 Å². The number of hydrogen-bond acceptors (Lipinski definition) is 1. The van der Waals surface area contributed by atoms with Crippen LogP contribution in [0.15, 0.2) is 24.3 Å². The number of nitrogens with one attached hydrogen (secondary N) is 1. The molecule has 1 saturated carbocycles. The molecular weight excluding hydrogens is 218 g/mol. The average Bonchev–Trinajstić information content (AvgIpc) is 3.00. The van der Waals surface area contributed by atoms with Crippen LogP contribution in [-0.2, 0) is 6.42 Å². The van der Waals surface area contributed by atoms with Gasteiger partial charge in [-0.25, -0.2) is 0 Å². The van der Waals surface area contributed by atoms with Crippen molar-refractivity contribution in [3.63, 3.8) is 0 Å². The maximum Gasteiger partial charge on any atom is 0.0406 e. The molecule has 0 amide bonds. The molecule has 1 fully saturated rings. The Kier molecular flexibility index (Phi) is 3.88. The summed E-state index contributed by atoms with van der Waals surface area (Å²) in [5, 5.41) is 4.50. The lowest BCUT2D eigenvalue weighted by Crippen LogP contribution is -2.31. The molecule has 1 aromatic rings. The maximum atomic E-state index is 5.86. The van der Waals surface area contributed by atoms with Crippen LogP contribution in [0.2, 0.25) is 5.02 Å². The fourth-order valence-electron chi connectivity index (χ4n) is 2.30. The Labute approximate surface area is 103 Å². The van der Waals surface area contributed by atoms with Crippen molar-refractivity contribution in [3.8, 4) is 0 Å². The van der Waals surface area contributed by atoms with Crippen molar-refractivity contribution in [2.45, 2.75) is 45.2 Å². The summed E-state index contributed by atoms with van der Waals surface area (Å²) in [5.41, 5.74) is 1.36. The SMILES string of the molecule is CCC1CC1NC(C)Cc1ccc(Cl)cc1. The van der Waals surface area contributed by atoms with E-state index >= 15 is 0 Å². The van der Waals surface area contributed by atoms with Gasteiger partial charge in [-0.1, -0.05) is 37.1 Å². The zero-order chi connectivity index (χ0) is 11.5. The van der Waals surface area contributed by atoms with Crippen LogP contribution in [0.3, 0.4) is 0 Å². The molecule has 16 heavy (non-hydrogen) atoms. The number of halogens is 1. The van der Waals surface area contributed by atoms with E-state index in [2.05, 4.69) is 31.3 Å². The van der Waals surface area contributed by atoms with Crippen LogP contribution in [-0.4, -0.2) is 12.1 Å². The molecule has 0 aromatic heterocycles. The molecule has 1 aromatic carbocycles. The monoisotopic (exact) mass is 237 g/mol. The molecule has 0 aliphatic heterocycles. The van der Waals surface area contributed by atoms with Gasteiger partial charge in [-0.15, -0.1) is 0 Å². The van der Waals surface area contributed by atoms with Gasteiger partial charge in [0.25, 0.3) is 0 Å². The molecule has 0 saturated heterocycles. The third kappa shape index (κ3) is 3.23. The second-order valence-electron chi connectivity index (χ2n) is 4.91. The van der Waals surface area contributed by atoms with Gasteiger partial charge in [0.15, 0.2) is 0 Å². The minimum Gasteiger partial charge on any atom is -0.311 e. The van der Waals surface area contributed by atoms with Gasteiger partial charge in [-0.05, 0) is 43.4 Å². The molecule has 0 radical (unpaired) electrons. The van der Waals surface area contributed by atoms with Gasteiger partial charge in [0.05, 0.1) is 0 Å². The number of rotatable bonds is 5. The van der Waals surface area contributed by atoms with Crippen LogP contribution in [0, 0.1) is 5.92 Å². The maximum absolute atomic E-state index is 5.86. The third-order valence-corrected chi connectivity index (χ3v) is 3.65. The van der Waals surface area contributed by atoms with Crippen molar-refractivity contribution in [1.29, 1.82) is 0 Å². The first-order valence-electron chi connectivity index (χ1n) is 6.19. The van der Waals surface area contributed by atoms with E-state index in [1.807, 2.05) is 12.1 Å². The van der Waals surface area contributed by atoms with Gasteiger partial charge in [0.1, 0.15) is 0 Å². The molecule has 2 rings (SSSR count). The topological polar surface area (TPSA) is 12.0 Å². The normalized spacial score (nSPS) is 25.4. The fourth-order valence-corrected chi connectivity index (χ4v) is 2.43. The Hall–Kier alpha value is -0.530. The van der Waals surface area contributed by atoms with Gasteiger partial charge < -0.3 is 5.32 Å². The second-order valence-corrected chi connectivity index (χ2v) is 5.35. The lowest BCUT2D eigenvalue weighted by atomic mass is 10.1. The predicted molar refractivity (Wildman–Crippen MR) is 69.9 cm³/mol. The Bertz CT molecular complexity index is 333. The summed E-state index contributed by atoms with van der Waals surface area (Å²) in [6.45, 7) is 4.54. The van der Waals surface area contributed by atoms with E-state index < -0.39 is 0 Å². The van der Waals surface area contributed by atoms with E-state index in [9.17, 15) is 0 Å². The quantitative estimate of drug-likeness (QED) is 0.824. The van der Waals surface area contributed by atoms with Crippen molar-refractivity contribution >= 4 is 11.6 Å². The third-order valence-electron chi connectivity index (χ3n) is 3.40. The van der Waals surface area contributed by atoms with Crippen molar-refractivity contribution in [1.82, 2.24) is 5.32 Å². The van der Waals surface area contributed by atoms with Crippen LogP contribution in [0.5, 0.6) is 0 Å². The summed E-state index contributed by atoms with van der Waals surface area (Å²) in [6.07, 6.45) is 3.76. The zero-order valence-electron chi connectivity index (χ0n) is 10.0. The van der Waals surface area contributed by atoms with Crippen LogP contribution in [0.1, 0.15) is 32.3 Å². The van der Waals surface area contributed by atoms with Gasteiger partial charge in [0, 0.05) is 17.1 Å². The first kappa shape index (κ1) is 11.9. The lowest BCUT2D eigenvalue weighted by molar-refractivity contribution is 0.517. The minimum atomic E-state index is 0.558. The molecule has 1 aliphatic rings. The van der Waals surface area contributed by atoms with Gasteiger partial charge in [0.2, 0.25) is 0 Å². The van der Waals surface area contributed by atoms with Gasteiger partial charge in [-0.2, -0.15) is 0 Å². The van der Waals surface area contributed by atoms with Crippen LogP contribution >= 0.6 is 11.6 Å². The van der Waals surface area contributed by atoms with Crippen LogP contribution in [0.25, 0.3) is 0 Å². The molecule has 2 heteroatoms. The lowest BCUT2D eigenvalue weighted by Gasteiger charge is -2.13. The van der Waals surface area contributed by atoms with E-state index in [-0.39, 0.29) is 0 Å². The molecule has 0 spiro atoms. The first-order valence-corrected chi connectivity index (χ1v) is 6.57. The van der Waals surface area contributed by atoms with Crippen molar-refractivity contribution < 1.29 is 0 Å². The molecule has 1 N–H and O–H groups in total. The fraction of sp³-hybridized carbons (Fsp3) is 0.571. The summed E-state index contributed by atoms with van der Waals surface area (Å²) in [4.78, 5) is 0. The smallest absolute Gasteiger partial charge is 0.0406 e.